The topological polar surface area (TPSA) is 66.4 Å². The molecule has 1 saturated carbocycles. The van der Waals surface area contributed by atoms with Crippen LogP contribution in [0, 0.1) is 5.92 Å². The van der Waals surface area contributed by atoms with Crippen LogP contribution in [0.15, 0.2) is 0 Å². The molecule has 0 radical (unpaired) electrons. The van der Waals surface area contributed by atoms with Crippen LogP contribution in [0.2, 0.25) is 0 Å². The molecular formula is C11H21NO3S. The van der Waals surface area contributed by atoms with E-state index in [0.717, 1.165) is 6.42 Å². The largest absolute Gasteiger partial charge is 0.390 e. The molecule has 0 spiro atoms. The van der Waals surface area contributed by atoms with Crippen LogP contribution in [0.25, 0.3) is 0 Å². The van der Waals surface area contributed by atoms with Crippen LogP contribution in [-0.2, 0) is 9.84 Å². The van der Waals surface area contributed by atoms with Crippen molar-refractivity contribution in [2.24, 2.45) is 5.92 Å². The molecule has 1 saturated heterocycles. The Morgan fingerprint density at radius 2 is 1.81 bits per heavy atom. The molecule has 0 bridgehead atoms. The van der Waals surface area contributed by atoms with Crippen molar-refractivity contribution in [2.45, 2.75) is 50.8 Å². The molecule has 1 aliphatic heterocycles. The van der Waals surface area contributed by atoms with Crippen LogP contribution < -0.4 is 5.32 Å². The predicted molar refractivity (Wildman–Crippen MR) is 63.0 cm³/mol. The van der Waals surface area contributed by atoms with Gasteiger partial charge in [-0.05, 0) is 18.8 Å². The highest BCUT2D eigenvalue weighted by molar-refractivity contribution is 7.91. The Morgan fingerprint density at radius 3 is 2.38 bits per heavy atom. The molecule has 16 heavy (non-hydrogen) atoms. The standard InChI is InChI=1S/C11H21NO3S/c1-8-4-2-3-5-9(8)12-10-6-16(14,15)7-11(10)13/h8-13H,2-7H2,1H3/t8-,9-,10+,11-/m0/s1. The van der Waals surface area contributed by atoms with Crippen LogP contribution >= 0.6 is 0 Å². The monoisotopic (exact) mass is 247 g/mol. The minimum Gasteiger partial charge on any atom is -0.390 e. The molecule has 0 amide bonds. The molecule has 0 unspecified atom stereocenters. The first-order valence-corrected chi connectivity index (χ1v) is 7.94. The lowest BCUT2D eigenvalue weighted by Gasteiger charge is -2.32. The smallest absolute Gasteiger partial charge is 0.154 e. The van der Waals surface area contributed by atoms with Gasteiger partial charge in [0.2, 0.25) is 0 Å². The fourth-order valence-electron chi connectivity index (χ4n) is 2.83. The van der Waals surface area contributed by atoms with Crippen molar-refractivity contribution in [1.29, 1.82) is 0 Å². The zero-order valence-electron chi connectivity index (χ0n) is 9.72. The highest BCUT2D eigenvalue weighted by Gasteiger charge is 2.38. The van der Waals surface area contributed by atoms with Gasteiger partial charge in [0, 0.05) is 12.1 Å². The van der Waals surface area contributed by atoms with Gasteiger partial charge in [-0.15, -0.1) is 0 Å². The maximum atomic E-state index is 11.4. The van der Waals surface area contributed by atoms with Crippen LogP contribution in [0.3, 0.4) is 0 Å². The Labute approximate surface area is 97.3 Å². The lowest BCUT2D eigenvalue weighted by Crippen LogP contribution is -2.48. The summed E-state index contributed by atoms with van der Waals surface area (Å²) < 4.78 is 22.7. The summed E-state index contributed by atoms with van der Waals surface area (Å²) in [5.74, 6) is 0.604. The van der Waals surface area contributed by atoms with Gasteiger partial charge in [0.15, 0.2) is 9.84 Å². The van der Waals surface area contributed by atoms with E-state index in [1.54, 1.807) is 0 Å². The maximum Gasteiger partial charge on any atom is 0.154 e. The SMILES string of the molecule is C[C@H]1CCCC[C@@H]1N[C@@H]1CS(=O)(=O)C[C@@H]1O. The highest BCUT2D eigenvalue weighted by Crippen LogP contribution is 2.25. The number of hydrogen-bond acceptors (Lipinski definition) is 4. The normalized spacial score (nSPS) is 43.4. The molecule has 2 N–H and O–H groups in total. The maximum absolute atomic E-state index is 11.4. The summed E-state index contributed by atoms with van der Waals surface area (Å²) in [5.41, 5.74) is 0. The van der Waals surface area contributed by atoms with Crippen LogP contribution in [0.1, 0.15) is 32.6 Å². The number of sulfone groups is 1. The van der Waals surface area contributed by atoms with Crippen molar-refractivity contribution >= 4 is 9.84 Å². The van der Waals surface area contributed by atoms with E-state index in [-0.39, 0.29) is 17.5 Å². The van der Waals surface area contributed by atoms with Crippen LogP contribution in [0.5, 0.6) is 0 Å². The van der Waals surface area contributed by atoms with Crippen molar-refractivity contribution in [2.75, 3.05) is 11.5 Å². The zero-order valence-corrected chi connectivity index (χ0v) is 10.5. The molecule has 0 aromatic rings. The molecule has 94 valence electrons. The first kappa shape index (κ1) is 12.3. The number of nitrogens with one attached hydrogen (secondary N) is 1. The fourth-order valence-corrected chi connectivity index (χ4v) is 4.58. The Balaban J connectivity index is 1.94. The molecule has 1 aliphatic carbocycles. The highest BCUT2D eigenvalue weighted by atomic mass is 32.2. The van der Waals surface area contributed by atoms with Crippen molar-refractivity contribution < 1.29 is 13.5 Å². The first-order valence-electron chi connectivity index (χ1n) is 6.12. The van der Waals surface area contributed by atoms with Gasteiger partial charge < -0.3 is 10.4 Å². The average Bonchev–Trinajstić information content (AvgIpc) is 2.44. The molecule has 2 aliphatic rings. The average molecular weight is 247 g/mol. The molecular weight excluding hydrogens is 226 g/mol. The Hall–Kier alpha value is -0.130. The molecule has 1 heterocycles. The summed E-state index contributed by atoms with van der Waals surface area (Å²) in [6.45, 7) is 2.20. The van der Waals surface area contributed by atoms with E-state index in [2.05, 4.69) is 12.2 Å². The molecule has 2 fully saturated rings. The number of rotatable bonds is 2. The Bertz CT molecular complexity index is 341. The number of hydrogen-bond donors (Lipinski definition) is 2. The minimum atomic E-state index is -3.03. The lowest BCUT2D eigenvalue weighted by molar-refractivity contribution is 0.143. The van der Waals surface area contributed by atoms with E-state index in [9.17, 15) is 13.5 Å². The van der Waals surface area contributed by atoms with Gasteiger partial charge in [-0.25, -0.2) is 8.42 Å². The second kappa shape index (κ2) is 4.63. The van der Waals surface area contributed by atoms with Gasteiger partial charge in [-0.3, -0.25) is 0 Å². The Morgan fingerprint density at radius 1 is 1.12 bits per heavy atom. The third-order valence-corrected chi connectivity index (χ3v) is 5.58. The molecule has 4 atom stereocenters. The van der Waals surface area contributed by atoms with E-state index in [0.29, 0.717) is 12.0 Å². The Kier molecular flexibility index (Phi) is 3.56. The molecule has 0 aromatic heterocycles. The quantitative estimate of drug-likeness (QED) is 0.737. The second-order valence-corrected chi connectivity index (χ2v) is 7.44. The fraction of sp³-hybridized carbons (Fsp3) is 1.00. The van der Waals surface area contributed by atoms with Gasteiger partial charge in [-0.2, -0.15) is 0 Å². The summed E-state index contributed by atoms with van der Waals surface area (Å²) in [7, 11) is -3.03. The molecule has 0 aromatic carbocycles. The van der Waals surface area contributed by atoms with E-state index >= 15 is 0 Å². The summed E-state index contributed by atoms with van der Waals surface area (Å²) in [4.78, 5) is 0. The van der Waals surface area contributed by atoms with Crippen LogP contribution in [-0.4, -0.2) is 43.2 Å². The summed E-state index contributed by atoms with van der Waals surface area (Å²) in [6, 6.07) is 0.122. The van der Waals surface area contributed by atoms with E-state index < -0.39 is 15.9 Å². The summed E-state index contributed by atoms with van der Waals surface area (Å²) >= 11 is 0. The molecule has 4 nitrogen and oxygen atoms in total. The van der Waals surface area contributed by atoms with E-state index in [1.165, 1.54) is 19.3 Å². The van der Waals surface area contributed by atoms with Gasteiger partial charge in [0.05, 0.1) is 17.6 Å². The number of aliphatic hydroxyl groups is 1. The van der Waals surface area contributed by atoms with Crippen molar-refractivity contribution in [3.63, 3.8) is 0 Å². The van der Waals surface area contributed by atoms with Crippen molar-refractivity contribution in [3.05, 3.63) is 0 Å². The van der Waals surface area contributed by atoms with E-state index in [4.69, 9.17) is 0 Å². The van der Waals surface area contributed by atoms with Gasteiger partial charge >= 0.3 is 0 Å². The zero-order chi connectivity index (χ0) is 11.8. The summed E-state index contributed by atoms with van der Waals surface area (Å²) in [5, 5.41) is 13.0. The lowest BCUT2D eigenvalue weighted by atomic mass is 9.85. The minimum absolute atomic E-state index is 0.0776. The predicted octanol–water partition coefficient (Wildman–Crippen LogP) is 0.313. The van der Waals surface area contributed by atoms with Gasteiger partial charge in [0.25, 0.3) is 0 Å². The van der Waals surface area contributed by atoms with E-state index in [1.807, 2.05) is 0 Å². The first-order chi connectivity index (χ1) is 7.48. The third kappa shape index (κ3) is 2.76. The molecule has 2 rings (SSSR count). The number of aliphatic hydroxyl groups excluding tert-OH is 1. The van der Waals surface area contributed by atoms with Crippen molar-refractivity contribution in [3.8, 4) is 0 Å². The van der Waals surface area contributed by atoms with Gasteiger partial charge in [-0.1, -0.05) is 19.8 Å². The van der Waals surface area contributed by atoms with Crippen molar-refractivity contribution in [1.82, 2.24) is 5.32 Å². The summed E-state index contributed by atoms with van der Waals surface area (Å²) in [6.07, 6.45) is 4.05. The van der Waals surface area contributed by atoms with Gasteiger partial charge in [0.1, 0.15) is 0 Å². The van der Waals surface area contributed by atoms with Crippen LogP contribution in [0.4, 0.5) is 0 Å². The third-order valence-electron chi connectivity index (χ3n) is 3.86. The second-order valence-electron chi connectivity index (χ2n) is 5.29. The molecule has 5 heteroatoms.